The molecule has 1 aromatic carbocycles. The number of anilines is 2. The number of hydrogen-bond donors (Lipinski definition) is 2. The molecule has 0 radical (unpaired) electrons. The SMILES string of the molecule is CCSCCCNc1ccc2ncccc2c1N. The molecule has 0 aliphatic rings. The average Bonchev–Trinajstić information content (AvgIpc) is 2.41. The van der Waals surface area contributed by atoms with Crippen molar-refractivity contribution in [3.05, 3.63) is 30.5 Å². The summed E-state index contributed by atoms with van der Waals surface area (Å²) in [6.45, 7) is 3.15. The van der Waals surface area contributed by atoms with Crippen molar-refractivity contribution in [2.45, 2.75) is 13.3 Å². The van der Waals surface area contributed by atoms with Gasteiger partial charge in [0.15, 0.2) is 0 Å². The fraction of sp³-hybridized carbons (Fsp3) is 0.357. The molecule has 4 heteroatoms. The van der Waals surface area contributed by atoms with Crippen LogP contribution in [0.15, 0.2) is 30.5 Å². The number of benzene rings is 1. The normalized spacial score (nSPS) is 10.7. The van der Waals surface area contributed by atoms with Gasteiger partial charge in [0.2, 0.25) is 0 Å². The molecule has 2 rings (SSSR count). The molecule has 0 fully saturated rings. The van der Waals surface area contributed by atoms with Crippen molar-refractivity contribution in [2.75, 3.05) is 29.1 Å². The minimum atomic E-state index is 0.795. The Labute approximate surface area is 112 Å². The van der Waals surface area contributed by atoms with Gasteiger partial charge in [-0.1, -0.05) is 6.92 Å². The van der Waals surface area contributed by atoms with E-state index in [0.29, 0.717) is 0 Å². The molecule has 0 amide bonds. The summed E-state index contributed by atoms with van der Waals surface area (Å²) in [7, 11) is 0. The van der Waals surface area contributed by atoms with Crippen molar-refractivity contribution in [1.82, 2.24) is 4.98 Å². The molecule has 0 saturated heterocycles. The summed E-state index contributed by atoms with van der Waals surface area (Å²) in [4.78, 5) is 4.29. The van der Waals surface area contributed by atoms with E-state index in [0.717, 1.165) is 35.2 Å². The number of nitrogens with one attached hydrogen (secondary N) is 1. The van der Waals surface area contributed by atoms with Crippen LogP contribution in [0.25, 0.3) is 10.9 Å². The van der Waals surface area contributed by atoms with Gasteiger partial charge in [0.25, 0.3) is 0 Å². The highest BCUT2D eigenvalue weighted by atomic mass is 32.2. The molecule has 0 spiro atoms. The molecule has 0 bridgehead atoms. The van der Waals surface area contributed by atoms with E-state index >= 15 is 0 Å². The Morgan fingerprint density at radius 1 is 1.33 bits per heavy atom. The lowest BCUT2D eigenvalue weighted by Crippen LogP contribution is -2.05. The highest BCUT2D eigenvalue weighted by molar-refractivity contribution is 7.99. The number of thioether (sulfide) groups is 1. The Balaban J connectivity index is 2.03. The molecule has 96 valence electrons. The number of hydrogen-bond acceptors (Lipinski definition) is 4. The lowest BCUT2D eigenvalue weighted by Gasteiger charge is -2.11. The van der Waals surface area contributed by atoms with Crippen LogP contribution in [0.5, 0.6) is 0 Å². The number of nitrogens with two attached hydrogens (primary N) is 1. The summed E-state index contributed by atoms with van der Waals surface area (Å²) in [5.74, 6) is 2.38. The third-order valence-electron chi connectivity index (χ3n) is 2.81. The van der Waals surface area contributed by atoms with Gasteiger partial charge in [-0.25, -0.2) is 0 Å². The second-order valence-corrected chi connectivity index (χ2v) is 5.47. The predicted molar refractivity (Wildman–Crippen MR) is 82.3 cm³/mol. The molecule has 0 aliphatic heterocycles. The van der Waals surface area contributed by atoms with Crippen LogP contribution in [0.4, 0.5) is 11.4 Å². The zero-order valence-corrected chi connectivity index (χ0v) is 11.5. The fourth-order valence-corrected chi connectivity index (χ4v) is 2.51. The van der Waals surface area contributed by atoms with E-state index in [-0.39, 0.29) is 0 Å². The molecule has 0 unspecified atom stereocenters. The summed E-state index contributed by atoms with van der Waals surface area (Å²) < 4.78 is 0. The van der Waals surface area contributed by atoms with Crippen molar-refractivity contribution < 1.29 is 0 Å². The maximum absolute atomic E-state index is 6.15. The van der Waals surface area contributed by atoms with E-state index in [1.54, 1.807) is 6.20 Å². The van der Waals surface area contributed by atoms with Crippen molar-refractivity contribution in [3.63, 3.8) is 0 Å². The Kier molecular flexibility index (Phi) is 4.70. The monoisotopic (exact) mass is 261 g/mol. The van der Waals surface area contributed by atoms with Gasteiger partial charge in [-0.05, 0) is 42.2 Å². The van der Waals surface area contributed by atoms with Gasteiger partial charge in [-0.15, -0.1) is 0 Å². The molecule has 1 aromatic heterocycles. The van der Waals surface area contributed by atoms with Gasteiger partial charge < -0.3 is 11.1 Å². The molecule has 0 saturated carbocycles. The molecule has 3 nitrogen and oxygen atoms in total. The third kappa shape index (κ3) is 3.07. The molecular formula is C14H19N3S. The molecule has 1 heterocycles. The highest BCUT2D eigenvalue weighted by Gasteiger charge is 2.03. The van der Waals surface area contributed by atoms with E-state index < -0.39 is 0 Å². The smallest absolute Gasteiger partial charge is 0.0724 e. The molecule has 3 N–H and O–H groups in total. The second-order valence-electron chi connectivity index (χ2n) is 4.07. The van der Waals surface area contributed by atoms with Crippen LogP contribution < -0.4 is 11.1 Å². The Hall–Kier alpha value is -1.42. The molecule has 18 heavy (non-hydrogen) atoms. The van der Waals surface area contributed by atoms with E-state index in [1.165, 1.54) is 11.5 Å². The van der Waals surface area contributed by atoms with Crippen LogP contribution in [-0.2, 0) is 0 Å². The first kappa shape index (κ1) is 13.0. The van der Waals surface area contributed by atoms with Gasteiger partial charge >= 0.3 is 0 Å². The Morgan fingerprint density at radius 2 is 2.22 bits per heavy atom. The molecular weight excluding hydrogens is 242 g/mol. The minimum absolute atomic E-state index is 0.795. The largest absolute Gasteiger partial charge is 0.397 e. The second kappa shape index (κ2) is 6.50. The van der Waals surface area contributed by atoms with Crippen LogP contribution in [0.1, 0.15) is 13.3 Å². The van der Waals surface area contributed by atoms with E-state index in [4.69, 9.17) is 5.73 Å². The topological polar surface area (TPSA) is 50.9 Å². The van der Waals surface area contributed by atoms with Gasteiger partial charge in [0, 0.05) is 18.1 Å². The van der Waals surface area contributed by atoms with E-state index in [9.17, 15) is 0 Å². The Bertz CT molecular complexity index is 513. The quantitative estimate of drug-likeness (QED) is 0.618. The van der Waals surface area contributed by atoms with Crippen LogP contribution in [-0.4, -0.2) is 23.0 Å². The maximum Gasteiger partial charge on any atom is 0.0724 e. The number of aromatic nitrogens is 1. The Morgan fingerprint density at radius 3 is 3.06 bits per heavy atom. The average molecular weight is 261 g/mol. The van der Waals surface area contributed by atoms with Gasteiger partial charge in [0.05, 0.1) is 16.9 Å². The highest BCUT2D eigenvalue weighted by Crippen LogP contribution is 2.27. The summed E-state index contributed by atoms with van der Waals surface area (Å²) in [6.07, 6.45) is 2.94. The zero-order valence-electron chi connectivity index (χ0n) is 10.6. The van der Waals surface area contributed by atoms with Gasteiger partial charge in [0.1, 0.15) is 0 Å². The predicted octanol–water partition coefficient (Wildman–Crippen LogP) is 3.37. The van der Waals surface area contributed by atoms with Crippen LogP contribution in [0, 0.1) is 0 Å². The zero-order chi connectivity index (χ0) is 12.8. The summed E-state index contributed by atoms with van der Waals surface area (Å²) >= 11 is 1.97. The van der Waals surface area contributed by atoms with E-state index in [2.05, 4.69) is 17.2 Å². The molecule has 0 aliphatic carbocycles. The number of fused-ring (bicyclic) bond motifs is 1. The standard InChI is InChI=1S/C14H19N3S/c1-2-18-10-4-9-17-13-7-6-12-11(14(13)15)5-3-8-16-12/h3,5-8,17H,2,4,9-10,15H2,1H3. The number of nitrogen functional groups attached to an aromatic ring is 1. The first-order valence-electron chi connectivity index (χ1n) is 6.27. The lowest BCUT2D eigenvalue weighted by molar-refractivity contribution is 0.993. The minimum Gasteiger partial charge on any atom is -0.397 e. The third-order valence-corrected chi connectivity index (χ3v) is 3.80. The fourth-order valence-electron chi connectivity index (χ4n) is 1.87. The molecule has 2 aromatic rings. The summed E-state index contributed by atoms with van der Waals surface area (Å²) in [5, 5.41) is 4.42. The van der Waals surface area contributed by atoms with Crippen LogP contribution in [0.3, 0.4) is 0 Å². The van der Waals surface area contributed by atoms with Crippen LogP contribution >= 0.6 is 11.8 Å². The van der Waals surface area contributed by atoms with Crippen molar-refractivity contribution >= 4 is 34.0 Å². The maximum atomic E-state index is 6.15. The number of nitrogens with zero attached hydrogens (tertiary/aromatic N) is 1. The first-order chi connectivity index (χ1) is 8.83. The molecule has 0 atom stereocenters. The number of pyridine rings is 1. The first-order valence-corrected chi connectivity index (χ1v) is 7.43. The summed E-state index contributed by atoms with van der Waals surface area (Å²) in [5.41, 5.74) is 8.90. The summed E-state index contributed by atoms with van der Waals surface area (Å²) in [6, 6.07) is 7.95. The van der Waals surface area contributed by atoms with Crippen molar-refractivity contribution in [2.24, 2.45) is 0 Å². The van der Waals surface area contributed by atoms with Crippen molar-refractivity contribution in [1.29, 1.82) is 0 Å². The van der Waals surface area contributed by atoms with E-state index in [1.807, 2.05) is 36.0 Å². The number of rotatable bonds is 6. The van der Waals surface area contributed by atoms with Gasteiger partial charge in [-0.2, -0.15) is 11.8 Å². The van der Waals surface area contributed by atoms with Gasteiger partial charge in [-0.3, -0.25) is 4.98 Å². The van der Waals surface area contributed by atoms with Crippen LogP contribution in [0.2, 0.25) is 0 Å². The van der Waals surface area contributed by atoms with Crippen molar-refractivity contribution in [3.8, 4) is 0 Å². The lowest BCUT2D eigenvalue weighted by atomic mass is 10.1.